The largest absolute Gasteiger partial charge is 0.496 e. The van der Waals surface area contributed by atoms with Gasteiger partial charge < -0.3 is 14.8 Å². The van der Waals surface area contributed by atoms with E-state index < -0.39 is 0 Å². The SMILES string of the molecule is COc1ccc(CC(=O)Nc2ccc(F)cc2)c(OC)c1C. The van der Waals surface area contributed by atoms with E-state index in [0.29, 0.717) is 17.2 Å². The maximum absolute atomic E-state index is 12.8. The monoisotopic (exact) mass is 303 g/mol. The molecule has 0 saturated heterocycles. The highest BCUT2D eigenvalue weighted by molar-refractivity contribution is 5.92. The lowest BCUT2D eigenvalue weighted by Gasteiger charge is -2.14. The zero-order chi connectivity index (χ0) is 16.1. The third-order valence-corrected chi connectivity index (χ3v) is 3.34. The fourth-order valence-corrected chi connectivity index (χ4v) is 2.29. The molecule has 0 bridgehead atoms. The first-order chi connectivity index (χ1) is 10.5. The van der Waals surface area contributed by atoms with E-state index in [4.69, 9.17) is 9.47 Å². The number of halogens is 1. The number of carbonyl (C=O) groups excluding carboxylic acids is 1. The number of ether oxygens (including phenoxy) is 2. The Hall–Kier alpha value is -2.56. The second-order valence-electron chi connectivity index (χ2n) is 4.82. The molecule has 0 radical (unpaired) electrons. The van der Waals surface area contributed by atoms with Gasteiger partial charge in [0.2, 0.25) is 5.91 Å². The molecule has 0 fully saturated rings. The summed E-state index contributed by atoms with van der Waals surface area (Å²) in [5.74, 6) is 0.799. The Morgan fingerprint density at radius 2 is 1.77 bits per heavy atom. The smallest absolute Gasteiger partial charge is 0.228 e. The third-order valence-electron chi connectivity index (χ3n) is 3.34. The van der Waals surface area contributed by atoms with E-state index in [0.717, 1.165) is 11.1 Å². The molecule has 22 heavy (non-hydrogen) atoms. The Morgan fingerprint density at radius 1 is 1.09 bits per heavy atom. The number of carbonyl (C=O) groups is 1. The van der Waals surface area contributed by atoms with Gasteiger partial charge in [-0.05, 0) is 37.3 Å². The van der Waals surface area contributed by atoms with E-state index in [2.05, 4.69) is 5.32 Å². The second-order valence-corrected chi connectivity index (χ2v) is 4.82. The van der Waals surface area contributed by atoms with Crippen LogP contribution in [-0.4, -0.2) is 20.1 Å². The molecule has 0 aliphatic rings. The summed E-state index contributed by atoms with van der Waals surface area (Å²) in [6, 6.07) is 9.24. The number of amides is 1. The molecule has 5 heteroatoms. The van der Waals surface area contributed by atoms with Crippen LogP contribution in [0.5, 0.6) is 11.5 Å². The Bertz CT molecular complexity index is 668. The van der Waals surface area contributed by atoms with Crippen LogP contribution >= 0.6 is 0 Å². The van der Waals surface area contributed by atoms with Gasteiger partial charge in [-0.3, -0.25) is 4.79 Å². The van der Waals surface area contributed by atoms with Crippen LogP contribution in [0, 0.1) is 12.7 Å². The summed E-state index contributed by atoms with van der Waals surface area (Å²) in [6.45, 7) is 1.87. The first-order valence-corrected chi connectivity index (χ1v) is 6.81. The van der Waals surface area contributed by atoms with Crippen LogP contribution in [0.4, 0.5) is 10.1 Å². The van der Waals surface area contributed by atoms with Crippen LogP contribution in [0.15, 0.2) is 36.4 Å². The van der Waals surface area contributed by atoms with Gasteiger partial charge in [0.15, 0.2) is 0 Å². The van der Waals surface area contributed by atoms with Crippen molar-refractivity contribution < 1.29 is 18.7 Å². The first-order valence-electron chi connectivity index (χ1n) is 6.81. The Balaban J connectivity index is 2.14. The van der Waals surface area contributed by atoms with Gasteiger partial charge in [0.25, 0.3) is 0 Å². The Labute approximate surface area is 128 Å². The van der Waals surface area contributed by atoms with Gasteiger partial charge in [-0.2, -0.15) is 0 Å². The number of anilines is 1. The average Bonchev–Trinajstić information content (AvgIpc) is 2.50. The normalized spacial score (nSPS) is 10.2. The molecule has 116 valence electrons. The summed E-state index contributed by atoms with van der Waals surface area (Å²) >= 11 is 0. The minimum atomic E-state index is -0.342. The van der Waals surface area contributed by atoms with Crippen LogP contribution in [-0.2, 0) is 11.2 Å². The third kappa shape index (κ3) is 3.55. The number of nitrogens with one attached hydrogen (secondary N) is 1. The van der Waals surface area contributed by atoms with Crippen molar-refractivity contribution in [1.29, 1.82) is 0 Å². The molecule has 2 rings (SSSR count). The molecule has 0 aromatic heterocycles. The fourth-order valence-electron chi connectivity index (χ4n) is 2.29. The molecule has 4 nitrogen and oxygen atoms in total. The summed E-state index contributed by atoms with van der Waals surface area (Å²) in [4.78, 5) is 12.1. The number of hydrogen-bond acceptors (Lipinski definition) is 3. The highest BCUT2D eigenvalue weighted by Crippen LogP contribution is 2.31. The zero-order valence-electron chi connectivity index (χ0n) is 12.8. The van der Waals surface area contributed by atoms with Gasteiger partial charge in [-0.25, -0.2) is 4.39 Å². The van der Waals surface area contributed by atoms with E-state index in [1.165, 1.54) is 24.3 Å². The molecule has 0 unspecified atom stereocenters. The molecular weight excluding hydrogens is 285 g/mol. The van der Waals surface area contributed by atoms with Gasteiger partial charge in [0.1, 0.15) is 17.3 Å². The van der Waals surface area contributed by atoms with Crippen LogP contribution in [0.3, 0.4) is 0 Å². The van der Waals surface area contributed by atoms with Gasteiger partial charge in [-0.15, -0.1) is 0 Å². The number of benzene rings is 2. The van der Waals surface area contributed by atoms with Crippen molar-refractivity contribution in [3.8, 4) is 11.5 Å². The summed E-state index contributed by atoms with van der Waals surface area (Å²) in [6.07, 6.45) is 0.158. The second kappa shape index (κ2) is 6.93. The van der Waals surface area contributed by atoms with Crippen LogP contribution in [0.1, 0.15) is 11.1 Å². The van der Waals surface area contributed by atoms with Gasteiger partial charge >= 0.3 is 0 Å². The van der Waals surface area contributed by atoms with Crippen LogP contribution in [0.2, 0.25) is 0 Å². The maximum Gasteiger partial charge on any atom is 0.228 e. The minimum Gasteiger partial charge on any atom is -0.496 e. The van der Waals surface area contributed by atoms with Crippen molar-refractivity contribution >= 4 is 11.6 Å². The van der Waals surface area contributed by atoms with Crippen molar-refractivity contribution in [2.75, 3.05) is 19.5 Å². The molecule has 0 spiro atoms. The topological polar surface area (TPSA) is 47.6 Å². The molecule has 0 saturated carbocycles. The summed E-state index contributed by atoms with van der Waals surface area (Å²) < 4.78 is 23.5. The molecule has 1 N–H and O–H groups in total. The highest BCUT2D eigenvalue weighted by Gasteiger charge is 2.14. The number of hydrogen-bond donors (Lipinski definition) is 1. The van der Waals surface area contributed by atoms with E-state index in [-0.39, 0.29) is 18.1 Å². The zero-order valence-corrected chi connectivity index (χ0v) is 12.8. The van der Waals surface area contributed by atoms with Crippen molar-refractivity contribution in [3.05, 3.63) is 53.3 Å². The van der Waals surface area contributed by atoms with Crippen LogP contribution in [0.25, 0.3) is 0 Å². The lowest BCUT2D eigenvalue weighted by molar-refractivity contribution is -0.115. The quantitative estimate of drug-likeness (QED) is 0.921. The van der Waals surface area contributed by atoms with Crippen molar-refractivity contribution in [1.82, 2.24) is 0 Å². The summed E-state index contributed by atoms with van der Waals surface area (Å²) in [7, 11) is 3.14. The average molecular weight is 303 g/mol. The molecule has 2 aromatic carbocycles. The highest BCUT2D eigenvalue weighted by atomic mass is 19.1. The minimum absolute atomic E-state index is 0.158. The van der Waals surface area contributed by atoms with Crippen molar-refractivity contribution in [2.45, 2.75) is 13.3 Å². The first kappa shape index (κ1) is 15.8. The molecule has 1 amide bonds. The van der Waals surface area contributed by atoms with Gasteiger partial charge in [0, 0.05) is 16.8 Å². The summed E-state index contributed by atoms with van der Waals surface area (Å²) in [5, 5.41) is 2.72. The lowest BCUT2D eigenvalue weighted by atomic mass is 10.1. The maximum atomic E-state index is 12.8. The molecule has 0 aliphatic carbocycles. The fraction of sp³-hybridized carbons (Fsp3) is 0.235. The number of rotatable bonds is 5. The molecular formula is C17H18FNO3. The van der Waals surface area contributed by atoms with Gasteiger partial charge in [0.05, 0.1) is 20.6 Å². The Morgan fingerprint density at radius 3 is 2.36 bits per heavy atom. The Kier molecular flexibility index (Phi) is 4.99. The number of methoxy groups -OCH3 is 2. The summed E-state index contributed by atoms with van der Waals surface area (Å²) in [5.41, 5.74) is 2.16. The molecule has 0 atom stereocenters. The van der Waals surface area contributed by atoms with Gasteiger partial charge in [-0.1, -0.05) is 6.07 Å². The van der Waals surface area contributed by atoms with E-state index >= 15 is 0 Å². The van der Waals surface area contributed by atoms with E-state index in [1.807, 2.05) is 6.92 Å². The predicted molar refractivity (Wildman–Crippen MR) is 83.0 cm³/mol. The predicted octanol–water partition coefficient (Wildman–Crippen LogP) is 3.33. The van der Waals surface area contributed by atoms with E-state index in [9.17, 15) is 9.18 Å². The lowest BCUT2D eigenvalue weighted by Crippen LogP contribution is -2.15. The van der Waals surface area contributed by atoms with Crippen LogP contribution < -0.4 is 14.8 Å². The van der Waals surface area contributed by atoms with E-state index in [1.54, 1.807) is 26.4 Å². The molecule has 2 aromatic rings. The van der Waals surface area contributed by atoms with Crippen molar-refractivity contribution in [3.63, 3.8) is 0 Å². The molecule has 0 heterocycles. The standard InChI is InChI=1S/C17H18FNO3/c1-11-15(21-2)9-4-12(17(11)22-3)10-16(20)19-14-7-5-13(18)6-8-14/h4-9H,10H2,1-3H3,(H,19,20). The van der Waals surface area contributed by atoms with Crippen molar-refractivity contribution in [2.24, 2.45) is 0 Å². The molecule has 0 aliphatic heterocycles.